The summed E-state index contributed by atoms with van der Waals surface area (Å²) in [6, 6.07) is 3.97. The van der Waals surface area contributed by atoms with Crippen LogP contribution in [0, 0.1) is 18.6 Å². The molecule has 0 bridgehead atoms. The van der Waals surface area contributed by atoms with Gasteiger partial charge in [-0.1, -0.05) is 6.07 Å². The van der Waals surface area contributed by atoms with Crippen LogP contribution >= 0.6 is 0 Å². The van der Waals surface area contributed by atoms with E-state index in [1.54, 1.807) is 6.07 Å². The quantitative estimate of drug-likeness (QED) is 0.683. The van der Waals surface area contributed by atoms with Crippen LogP contribution < -0.4 is 5.32 Å². The van der Waals surface area contributed by atoms with Gasteiger partial charge in [-0.25, -0.2) is 8.78 Å². The standard InChI is InChI=1S/C24H31F2N3O2/c1-17-19-5-2-3-6-22(19)29(16-18-7-8-20(25)21(26)15-18)23(17)24(30)27-9-4-10-28-11-13-31-14-12-28/h7-8,15H,2-6,9-14,16H2,1H3,(H,27,30). The van der Waals surface area contributed by atoms with E-state index in [1.165, 1.54) is 11.6 Å². The number of rotatable bonds is 7. The Balaban J connectivity index is 1.49. The third-order valence-corrected chi connectivity index (χ3v) is 6.42. The summed E-state index contributed by atoms with van der Waals surface area (Å²) >= 11 is 0. The van der Waals surface area contributed by atoms with Gasteiger partial charge in [-0.05, 0) is 74.4 Å². The number of carbonyl (C=O) groups is 1. The Kier molecular flexibility index (Phi) is 7.02. The van der Waals surface area contributed by atoms with Gasteiger partial charge in [-0.3, -0.25) is 9.69 Å². The van der Waals surface area contributed by atoms with E-state index in [1.807, 2.05) is 11.5 Å². The lowest BCUT2D eigenvalue weighted by Crippen LogP contribution is -2.38. The van der Waals surface area contributed by atoms with E-state index in [2.05, 4.69) is 10.2 Å². The number of hydrogen-bond donors (Lipinski definition) is 1. The van der Waals surface area contributed by atoms with Crippen molar-refractivity contribution in [2.24, 2.45) is 0 Å². The predicted octanol–water partition coefficient (Wildman–Crippen LogP) is 3.45. The van der Waals surface area contributed by atoms with E-state index in [9.17, 15) is 13.6 Å². The average molecular weight is 432 g/mol. The summed E-state index contributed by atoms with van der Waals surface area (Å²) in [6.07, 6.45) is 4.94. The Bertz CT molecular complexity index is 935. The SMILES string of the molecule is Cc1c2c(n(Cc3ccc(F)c(F)c3)c1C(=O)NCCCN1CCOCC1)CCCC2. The summed E-state index contributed by atoms with van der Waals surface area (Å²) in [5.74, 6) is -1.80. The molecule has 31 heavy (non-hydrogen) atoms. The van der Waals surface area contributed by atoms with Gasteiger partial charge >= 0.3 is 0 Å². The molecule has 168 valence electrons. The second-order valence-electron chi connectivity index (χ2n) is 8.50. The van der Waals surface area contributed by atoms with Gasteiger partial charge in [0.25, 0.3) is 5.91 Å². The Morgan fingerprint density at radius 2 is 1.90 bits per heavy atom. The summed E-state index contributed by atoms with van der Waals surface area (Å²) in [4.78, 5) is 15.5. The molecule has 0 atom stereocenters. The van der Waals surface area contributed by atoms with E-state index in [0.29, 0.717) is 24.3 Å². The molecule has 0 spiro atoms. The minimum absolute atomic E-state index is 0.0866. The molecule has 0 radical (unpaired) electrons. The van der Waals surface area contributed by atoms with Crippen molar-refractivity contribution >= 4 is 5.91 Å². The fourth-order valence-corrected chi connectivity index (χ4v) is 4.77. The lowest BCUT2D eigenvalue weighted by Gasteiger charge is -2.26. The van der Waals surface area contributed by atoms with Crippen LogP contribution in [0.4, 0.5) is 8.78 Å². The number of aromatic nitrogens is 1. The Hall–Kier alpha value is -2.25. The molecule has 1 amide bonds. The molecular formula is C24H31F2N3O2. The Morgan fingerprint density at radius 1 is 1.13 bits per heavy atom. The van der Waals surface area contributed by atoms with E-state index in [0.717, 1.165) is 82.3 Å². The summed E-state index contributed by atoms with van der Waals surface area (Å²) < 4.78 is 34.5. The van der Waals surface area contributed by atoms with Crippen LogP contribution in [0.15, 0.2) is 18.2 Å². The van der Waals surface area contributed by atoms with Gasteiger partial charge in [-0.2, -0.15) is 0 Å². The number of amides is 1. The Labute approximate surface area is 182 Å². The minimum atomic E-state index is -0.857. The molecule has 2 aromatic rings. The molecule has 1 saturated heterocycles. The molecule has 0 unspecified atom stereocenters. The molecule has 1 aliphatic heterocycles. The maximum atomic E-state index is 13.8. The summed E-state index contributed by atoms with van der Waals surface area (Å²) in [6.45, 7) is 7.35. The summed E-state index contributed by atoms with van der Waals surface area (Å²) in [5.41, 5.74) is 4.73. The van der Waals surface area contributed by atoms with E-state index in [-0.39, 0.29) is 5.91 Å². The van der Waals surface area contributed by atoms with E-state index >= 15 is 0 Å². The lowest BCUT2D eigenvalue weighted by atomic mass is 9.95. The van der Waals surface area contributed by atoms with Crippen LogP contribution in [0.25, 0.3) is 0 Å². The monoisotopic (exact) mass is 431 g/mol. The first-order valence-corrected chi connectivity index (χ1v) is 11.3. The van der Waals surface area contributed by atoms with Crippen molar-refractivity contribution in [3.63, 3.8) is 0 Å². The molecular weight excluding hydrogens is 400 g/mol. The van der Waals surface area contributed by atoms with Crippen LogP contribution in [-0.4, -0.2) is 54.8 Å². The normalized spacial score (nSPS) is 16.9. The zero-order valence-electron chi connectivity index (χ0n) is 18.2. The highest BCUT2D eigenvalue weighted by atomic mass is 19.2. The first-order chi connectivity index (χ1) is 15.0. The van der Waals surface area contributed by atoms with Crippen LogP contribution in [0.5, 0.6) is 0 Å². The van der Waals surface area contributed by atoms with Crippen molar-refractivity contribution in [3.8, 4) is 0 Å². The maximum absolute atomic E-state index is 13.8. The van der Waals surface area contributed by atoms with Gasteiger partial charge in [0.1, 0.15) is 5.69 Å². The first-order valence-electron chi connectivity index (χ1n) is 11.3. The van der Waals surface area contributed by atoms with Gasteiger partial charge in [-0.15, -0.1) is 0 Å². The number of nitrogens with zero attached hydrogens (tertiary/aromatic N) is 2. The molecule has 2 aliphatic rings. The van der Waals surface area contributed by atoms with Crippen molar-refractivity contribution in [3.05, 3.63) is 57.9 Å². The second-order valence-corrected chi connectivity index (χ2v) is 8.50. The van der Waals surface area contributed by atoms with E-state index in [4.69, 9.17) is 4.74 Å². The zero-order chi connectivity index (χ0) is 21.8. The maximum Gasteiger partial charge on any atom is 0.268 e. The third kappa shape index (κ3) is 4.99. The number of ether oxygens (including phenoxy) is 1. The molecule has 1 N–H and O–H groups in total. The minimum Gasteiger partial charge on any atom is -0.379 e. The van der Waals surface area contributed by atoms with E-state index < -0.39 is 11.6 Å². The average Bonchev–Trinajstić information content (AvgIpc) is 3.06. The fraction of sp³-hybridized carbons (Fsp3) is 0.542. The van der Waals surface area contributed by atoms with Crippen molar-refractivity contribution in [2.45, 2.75) is 45.6 Å². The van der Waals surface area contributed by atoms with Crippen LogP contribution in [0.1, 0.15) is 52.1 Å². The highest BCUT2D eigenvalue weighted by molar-refractivity contribution is 5.95. The highest BCUT2D eigenvalue weighted by Crippen LogP contribution is 2.30. The molecule has 1 aromatic heterocycles. The van der Waals surface area contributed by atoms with Crippen molar-refractivity contribution in [1.82, 2.24) is 14.8 Å². The number of carbonyl (C=O) groups excluding carboxylic acids is 1. The van der Waals surface area contributed by atoms with Gasteiger partial charge in [0, 0.05) is 31.9 Å². The highest BCUT2D eigenvalue weighted by Gasteiger charge is 2.26. The van der Waals surface area contributed by atoms with Gasteiger partial charge < -0.3 is 14.6 Å². The second kappa shape index (κ2) is 9.92. The largest absolute Gasteiger partial charge is 0.379 e. The third-order valence-electron chi connectivity index (χ3n) is 6.42. The molecule has 1 aliphatic carbocycles. The number of halogens is 2. The number of hydrogen-bond acceptors (Lipinski definition) is 3. The van der Waals surface area contributed by atoms with Gasteiger partial charge in [0.2, 0.25) is 0 Å². The summed E-state index contributed by atoms with van der Waals surface area (Å²) in [7, 11) is 0. The lowest BCUT2D eigenvalue weighted by molar-refractivity contribution is 0.0374. The van der Waals surface area contributed by atoms with Gasteiger partial charge in [0.05, 0.1) is 13.2 Å². The molecule has 7 heteroatoms. The Morgan fingerprint density at radius 3 is 2.68 bits per heavy atom. The predicted molar refractivity (Wildman–Crippen MR) is 115 cm³/mol. The molecule has 0 saturated carbocycles. The van der Waals surface area contributed by atoms with Crippen LogP contribution in [0.3, 0.4) is 0 Å². The molecule has 1 aromatic carbocycles. The number of nitrogens with one attached hydrogen (secondary N) is 1. The molecule has 2 heterocycles. The topological polar surface area (TPSA) is 46.5 Å². The fourth-order valence-electron chi connectivity index (χ4n) is 4.77. The molecule has 1 fully saturated rings. The first kappa shape index (κ1) is 22.0. The molecule has 5 nitrogen and oxygen atoms in total. The molecule has 4 rings (SSSR count). The van der Waals surface area contributed by atoms with Crippen molar-refractivity contribution < 1.29 is 18.3 Å². The van der Waals surface area contributed by atoms with Crippen LogP contribution in [-0.2, 0) is 24.1 Å². The summed E-state index contributed by atoms with van der Waals surface area (Å²) in [5, 5.41) is 3.08. The van der Waals surface area contributed by atoms with Crippen molar-refractivity contribution in [1.29, 1.82) is 0 Å². The van der Waals surface area contributed by atoms with Gasteiger partial charge in [0.15, 0.2) is 11.6 Å². The smallest absolute Gasteiger partial charge is 0.268 e. The number of benzene rings is 1. The van der Waals surface area contributed by atoms with Crippen molar-refractivity contribution in [2.75, 3.05) is 39.4 Å². The van der Waals surface area contributed by atoms with Crippen LogP contribution in [0.2, 0.25) is 0 Å². The number of fused-ring (bicyclic) bond motifs is 1. The zero-order valence-corrected chi connectivity index (χ0v) is 18.2. The number of morpholine rings is 1.